The number of halogens is 1. The van der Waals surface area contributed by atoms with E-state index < -0.39 is 11.4 Å². The highest BCUT2D eigenvalue weighted by molar-refractivity contribution is 6.36. The molecule has 2 N–H and O–H groups in total. The van der Waals surface area contributed by atoms with E-state index in [1.54, 1.807) is 6.07 Å². The van der Waals surface area contributed by atoms with Crippen molar-refractivity contribution in [2.75, 3.05) is 18.4 Å². The molecule has 2 aromatic carbocycles. The monoisotopic (exact) mass is 779 g/mol. The van der Waals surface area contributed by atoms with Gasteiger partial charge in [-0.05, 0) is 75.1 Å². The summed E-state index contributed by atoms with van der Waals surface area (Å²) in [7, 11) is 3.86. The van der Waals surface area contributed by atoms with Gasteiger partial charge in [-0.25, -0.2) is 9.97 Å². The molecule has 4 heterocycles. The maximum atomic E-state index is 13.9. The van der Waals surface area contributed by atoms with Crippen molar-refractivity contribution in [3.05, 3.63) is 87.0 Å². The van der Waals surface area contributed by atoms with E-state index in [1.807, 2.05) is 67.4 Å². The van der Waals surface area contributed by atoms with Crippen LogP contribution in [0.15, 0.2) is 36.4 Å². The van der Waals surface area contributed by atoms with E-state index >= 15 is 0 Å². The number of carboxylic acids is 1. The molecule has 0 saturated heterocycles. The number of carbonyl (C=O) groups excluding carboxylic acids is 2. The van der Waals surface area contributed by atoms with Crippen molar-refractivity contribution in [1.29, 1.82) is 0 Å². The molecule has 56 heavy (non-hydrogen) atoms. The number of carbonyl (C=O) groups is 3. The zero-order valence-corrected chi connectivity index (χ0v) is 33.9. The van der Waals surface area contributed by atoms with Crippen molar-refractivity contribution in [3.8, 4) is 11.1 Å². The van der Waals surface area contributed by atoms with Crippen molar-refractivity contribution in [3.63, 3.8) is 0 Å². The molecule has 0 radical (unpaired) electrons. The van der Waals surface area contributed by atoms with Crippen molar-refractivity contribution in [2.45, 2.75) is 116 Å². The predicted molar refractivity (Wildman–Crippen MR) is 217 cm³/mol. The Morgan fingerprint density at radius 3 is 2.04 bits per heavy atom. The van der Waals surface area contributed by atoms with Crippen LogP contribution >= 0.6 is 11.6 Å². The van der Waals surface area contributed by atoms with Crippen molar-refractivity contribution in [2.24, 2.45) is 19.5 Å². The summed E-state index contributed by atoms with van der Waals surface area (Å²) in [6.07, 6.45) is 11.4. The molecule has 2 fully saturated rings. The smallest absolute Gasteiger partial charge is 0.309 e. The zero-order valence-electron chi connectivity index (χ0n) is 33.2. The van der Waals surface area contributed by atoms with E-state index in [0.717, 1.165) is 84.7 Å². The lowest BCUT2D eigenvalue weighted by molar-refractivity contribution is -0.150. The van der Waals surface area contributed by atoms with Gasteiger partial charge < -0.3 is 19.6 Å². The van der Waals surface area contributed by atoms with Crippen LogP contribution in [0.1, 0.15) is 120 Å². The number of hydrogen-bond donors (Lipinski definition) is 2. The first-order valence-electron chi connectivity index (χ1n) is 20.4. The third-order valence-corrected chi connectivity index (χ3v) is 13.9. The van der Waals surface area contributed by atoms with E-state index in [1.165, 1.54) is 37.8 Å². The average Bonchev–Trinajstić information content (AvgIpc) is 3.72. The third kappa shape index (κ3) is 7.22. The van der Waals surface area contributed by atoms with Gasteiger partial charge in [-0.3, -0.25) is 24.2 Å². The highest BCUT2D eigenvalue weighted by Gasteiger charge is 2.40. The van der Waals surface area contributed by atoms with Crippen molar-refractivity contribution < 1.29 is 19.5 Å². The maximum absolute atomic E-state index is 13.9. The lowest BCUT2D eigenvalue weighted by atomic mass is 9.73. The molecule has 2 saturated carbocycles. The first-order chi connectivity index (χ1) is 26.9. The molecule has 0 spiro atoms. The van der Waals surface area contributed by atoms with Crippen LogP contribution in [0.3, 0.4) is 0 Å². The number of nitrogens with one attached hydrogen (secondary N) is 1. The number of anilines is 1. The molecular weight excluding hydrogens is 726 g/mol. The number of nitrogens with zero attached hydrogens (tertiary/aromatic N) is 6. The first-order valence-corrected chi connectivity index (χ1v) is 20.8. The number of Topliss-reactive ketones (excluding diaryl/α,β-unsaturated/α-hetero) is 1. The number of hydrogen-bond acceptors (Lipinski definition) is 7. The Bertz CT molecular complexity index is 2170. The minimum atomic E-state index is -0.710. The van der Waals surface area contributed by atoms with Gasteiger partial charge in [0.15, 0.2) is 11.6 Å². The van der Waals surface area contributed by atoms with E-state index in [9.17, 15) is 19.5 Å². The molecule has 12 heteroatoms. The highest BCUT2D eigenvalue weighted by atomic mass is 35.5. The van der Waals surface area contributed by atoms with Gasteiger partial charge in [-0.2, -0.15) is 0 Å². The fraction of sp³-hybridized carbons (Fsp3) is 0.523. The molecule has 11 nitrogen and oxygen atoms in total. The number of fused-ring (bicyclic) bond motifs is 2. The fourth-order valence-corrected chi connectivity index (χ4v) is 10.1. The Morgan fingerprint density at radius 1 is 0.821 bits per heavy atom. The second kappa shape index (κ2) is 15.6. The summed E-state index contributed by atoms with van der Waals surface area (Å²) in [5.41, 5.74) is 7.55. The topological polar surface area (TPSA) is 126 Å². The molecule has 296 valence electrons. The molecule has 0 unspecified atom stereocenters. The summed E-state index contributed by atoms with van der Waals surface area (Å²) in [6.45, 7) is 7.20. The molecule has 4 aliphatic rings. The van der Waals surface area contributed by atoms with Crippen LogP contribution in [0, 0.1) is 12.3 Å². The first kappa shape index (κ1) is 38.5. The Kier molecular flexibility index (Phi) is 10.7. The van der Waals surface area contributed by atoms with E-state index in [-0.39, 0.29) is 18.1 Å². The second-order valence-electron chi connectivity index (χ2n) is 16.9. The Hall–Kier alpha value is -4.32. The molecule has 2 aromatic heterocycles. The number of carboxylic acid groups (broad SMARTS) is 1. The molecular formula is C44H54ClN7O4. The van der Waals surface area contributed by atoms with Gasteiger partial charge in [0.1, 0.15) is 0 Å². The summed E-state index contributed by atoms with van der Waals surface area (Å²) < 4.78 is 3.90. The summed E-state index contributed by atoms with van der Waals surface area (Å²) in [6, 6.07) is 12.5. The third-order valence-electron chi connectivity index (χ3n) is 13.5. The minimum Gasteiger partial charge on any atom is -0.481 e. The maximum Gasteiger partial charge on any atom is 0.309 e. The van der Waals surface area contributed by atoms with Crippen molar-refractivity contribution >= 4 is 34.9 Å². The molecule has 2 aliphatic heterocycles. The molecule has 8 rings (SSSR count). The van der Waals surface area contributed by atoms with Gasteiger partial charge in [0.2, 0.25) is 5.78 Å². The van der Waals surface area contributed by atoms with Gasteiger partial charge in [0.25, 0.3) is 5.91 Å². The van der Waals surface area contributed by atoms with Crippen LogP contribution in [0.4, 0.5) is 5.69 Å². The van der Waals surface area contributed by atoms with Gasteiger partial charge in [0.05, 0.1) is 27.5 Å². The SMILES string of the molecule is Cc1c(CC(=O)c2nc3c(n2C)CCN(C2CCCCC2)C3)cccc1-c1cccc(NC(=O)c2nc3c(n2C)CCN(C2CCC(C)(C(=O)O)CC2)C3)c1Cl. The van der Waals surface area contributed by atoms with Crippen molar-refractivity contribution in [1.82, 2.24) is 28.9 Å². The normalized spacial score (nSPS) is 22.1. The van der Waals surface area contributed by atoms with E-state index in [4.69, 9.17) is 21.6 Å². The van der Waals surface area contributed by atoms with Crippen LogP contribution in [0.25, 0.3) is 11.1 Å². The number of ketones is 1. The molecule has 4 aromatic rings. The van der Waals surface area contributed by atoms with Gasteiger partial charge >= 0.3 is 5.97 Å². The van der Waals surface area contributed by atoms with Gasteiger partial charge in [0, 0.05) is 88.6 Å². The summed E-state index contributed by atoms with van der Waals surface area (Å²) in [5.74, 6) is -0.195. The van der Waals surface area contributed by atoms with E-state index in [2.05, 4.69) is 15.1 Å². The van der Waals surface area contributed by atoms with Gasteiger partial charge in [-0.15, -0.1) is 0 Å². The molecule has 1 amide bonds. The van der Waals surface area contributed by atoms with E-state index in [0.29, 0.717) is 53.8 Å². The number of aromatic nitrogens is 4. The number of rotatable bonds is 9. The minimum absolute atomic E-state index is 0.000668. The van der Waals surface area contributed by atoms with Crippen LogP contribution in [0.2, 0.25) is 5.02 Å². The van der Waals surface area contributed by atoms with Crippen LogP contribution in [-0.2, 0) is 51.2 Å². The summed E-state index contributed by atoms with van der Waals surface area (Å²) in [4.78, 5) is 54.1. The Balaban J connectivity index is 0.952. The fourth-order valence-electron chi connectivity index (χ4n) is 9.87. The standard InChI is InChI=1S/C44H54ClN7O4/c1-27-28(24-38(53)40-46-34-25-51(22-18-36(34)49(40)3)29-11-6-5-7-12-29)10-8-13-31(27)32-14-9-15-33(39(32)45)48-42(54)41-47-35-26-52(23-19-37(35)50(41)4)30-16-20-44(2,21-17-30)43(55)56/h8-10,13-15,29-30H,5-7,11-12,16-26H2,1-4H3,(H,48,54)(H,55,56). The average molecular weight is 780 g/mol. The Labute approximate surface area is 334 Å². The number of benzene rings is 2. The second-order valence-corrected chi connectivity index (χ2v) is 17.3. The van der Waals surface area contributed by atoms with Crippen LogP contribution < -0.4 is 5.32 Å². The zero-order chi connectivity index (χ0) is 39.3. The van der Waals surface area contributed by atoms with Crippen LogP contribution in [-0.4, -0.2) is 76.8 Å². The lowest BCUT2D eigenvalue weighted by Crippen LogP contribution is -2.44. The lowest BCUT2D eigenvalue weighted by Gasteiger charge is -2.41. The number of amides is 1. The summed E-state index contributed by atoms with van der Waals surface area (Å²) >= 11 is 7.06. The molecule has 0 atom stereocenters. The molecule has 0 bridgehead atoms. The van der Waals surface area contributed by atoms with Crippen LogP contribution in [0.5, 0.6) is 0 Å². The number of imidazole rings is 2. The largest absolute Gasteiger partial charge is 0.481 e. The highest BCUT2D eigenvalue weighted by Crippen LogP contribution is 2.40. The number of aliphatic carboxylic acids is 1. The predicted octanol–water partition coefficient (Wildman–Crippen LogP) is 7.54. The quantitative estimate of drug-likeness (QED) is 0.167. The molecule has 2 aliphatic carbocycles. The van der Waals surface area contributed by atoms with Gasteiger partial charge in [-0.1, -0.05) is 61.2 Å². The Morgan fingerprint density at radius 2 is 1.39 bits per heavy atom. The summed E-state index contributed by atoms with van der Waals surface area (Å²) in [5, 5.41) is 13.1.